The van der Waals surface area contributed by atoms with Gasteiger partial charge in [0.05, 0.1) is 11.9 Å². The van der Waals surface area contributed by atoms with Crippen LogP contribution in [0.2, 0.25) is 0 Å². The number of hydrogen-bond acceptors (Lipinski definition) is 2. The van der Waals surface area contributed by atoms with Crippen LogP contribution < -0.4 is 5.43 Å². The molecule has 1 fully saturated rings. The van der Waals surface area contributed by atoms with Crippen LogP contribution in [0, 0.1) is 0 Å². The average molecular weight is 236 g/mol. The lowest BCUT2D eigenvalue weighted by atomic mass is 10.1. The van der Waals surface area contributed by atoms with Crippen LogP contribution in [-0.4, -0.2) is 6.21 Å². The Morgan fingerprint density at radius 2 is 1.83 bits per heavy atom. The Bertz CT molecular complexity index is 542. The van der Waals surface area contributed by atoms with Crippen LogP contribution in [0.5, 0.6) is 0 Å². The molecular weight excluding hydrogens is 220 g/mol. The van der Waals surface area contributed by atoms with Crippen molar-refractivity contribution in [2.75, 3.05) is 5.43 Å². The summed E-state index contributed by atoms with van der Waals surface area (Å²) in [6, 6.07) is 18.6. The molecule has 18 heavy (non-hydrogen) atoms. The smallest absolute Gasteiger partial charge is 0.0561 e. The molecule has 0 bridgehead atoms. The Hall–Kier alpha value is -2.09. The summed E-state index contributed by atoms with van der Waals surface area (Å²) in [5, 5.41) is 4.26. The normalized spacial score (nSPS) is 14.9. The molecule has 0 saturated heterocycles. The maximum Gasteiger partial charge on any atom is 0.0561 e. The molecule has 2 aromatic rings. The van der Waals surface area contributed by atoms with E-state index in [1.807, 2.05) is 36.5 Å². The van der Waals surface area contributed by atoms with Gasteiger partial charge in [0.25, 0.3) is 0 Å². The summed E-state index contributed by atoms with van der Waals surface area (Å²) < 4.78 is 0. The van der Waals surface area contributed by atoms with Crippen molar-refractivity contribution in [2.24, 2.45) is 5.10 Å². The number of nitrogens with zero attached hydrogens (tertiary/aromatic N) is 1. The van der Waals surface area contributed by atoms with E-state index >= 15 is 0 Å². The molecule has 90 valence electrons. The van der Waals surface area contributed by atoms with Gasteiger partial charge >= 0.3 is 0 Å². The second-order valence-electron chi connectivity index (χ2n) is 4.68. The minimum Gasteiger partial charge on any atom is -0.279 e. The van der Waals surface area contributed by atoms with Gasteiger partial charge in [-0.2, -0.15) is 5.10 Å². The van der Waals surface area contributed by atoms with Crippen molar-refractivity contribution >= 4 is 11.9 Å². The van der Waals surface area contributed by atoms with E-state index in [9.17, 15) is 0 Å². The van der Waals surface area contributed by atoms with E-state index in [1.165, 1.54) is 18.4 Å². The standard InChI is InChI=1S/C16H16N2/c1-2-7-16(8-3-1)18-17-12-13-5-4-6-15(11-13)14-9-10-14/h1-8,11-12,14,18H,9-10H2. The van der Waals surface area contributed by atoms with Crippen molar-refractivity contribution in [1.29, 1.82) is 0 Å². The first-order chi connectivity index (χ1) is 8.92. The third-order valence-electron chi connectivity index (χ3n) is 3.14. The number of para-hydroxylation sites is 1. The lowest BCUT2D eigenvalue weighted by Gasteiger charge is -2.00. The molecule has 0 aliphatic heterocycles. The monoisotopic (exact) mass is 236 g/mol. The molecule has 0 aromatic heterocycles. The van der Waals surface area contributed by atoms with Gasteiger partial charge < -0.3 is 0 Å². The molecule has 0 spiro atoms. The second-order valence-corrected chi connectivity index (χ2v) is 4.68. The fraction of sp³-hybridized carbons (Fsp3) is 0.188. The third-order valence-corrected chi connectivity index (χ3v) is 3.14. The highest BCUT2D eigenvalue weighted by molar-refractivity contribution is 5.80. The minimum atomic E-state index is 0.792. The van der Waals surface area contributed by atoms with Crippen LogP contribution in [0.1, 0.15) is 29.9 Å². The van der Waals surface area contributed by atoms with Gasteiger partial charge in [-0.3, -0.25) is 5.43 Å². The number of rotatable bonds is 4. The minimum absolute atomic E-state index is 0.792. The number of hydrogen-bond donors (Lipinski definition) is 1. The van der Waals surface area contributed by atoms with E-state index < -0.39 is 0 Å². The summed E-state index contributed by atoms with van der Waals surface area (Å²) in [6.07, 6.45) is 4.55. The predicted molar refractivity (Wildman–Crippen MR) is 76.1 cm³/mol. The Balaban J connectivity index is 1.66. The SMILES string of the molecule is C(=NNc1ccccc1)c1cccc(C2CC2)c1. The molecule has 0 unspecified atom stereocenters. The lowest BCUT2D eigenvalue weighted by molar-refractivity contribution is 1.13. The van der Waals surface area contributed by atoms with Crippen molar-refractivity contribution in [3.63, 3.8) is 0 Å². The van der Waals surface area contributed by atoms with Crippen LogP contribution in [0.3, 0.4) is 0 Å². The number of nitrogens with one attached hydrogen (secondary N) is 1. The molecule has 2 aromatic carbocycles. The van der Waals surface area contributed by atoms with Gasteiger partial charge in [-0.1, -0.05) is 36.4 Å². The predicted octanol–water partition coefficient (Wildman–Crippen LogP) is 4.01. The molecule has 2 heteroatoms. The molecule has 0 radical (unpaired) electrons. The number of anilines is 1. The first kappa shape index (κ1) is 11.0. The molecule has 1 N–H and O–H groups in total. The van der Waals surface area contributed by atoms with Gasteiger partial charge in [0.2, 0.25) is 0 Å². The molecule has 1 aliphatic rings. The zero-order chi connectivity index (χ0) is 12.2. The van der Waals surface area contributed by atoms with Crippen LogP contribution >= 0.6 is 0 Å². The van der Waals surface area contributed by atoms with Crippen LogP contribution in [0.25, 0.3) is 0 Å². The van der Waals surface area contributed by atoms with Crippen molar-refractivity contribution in [2.45, 2.75) is 18.8 Å². The van der Waals surface area contributed by atoms with Crippen LogP contribution in [0.4, 0.5) is 5.69 Å². The Kier molecular flexibility index (Phi) is 3.09. The Morgan fingerprint density at radius 3 is 2.61 bits per heavy atom. The highest BCUT2D eigenvalue weighted by Crippen LogP contribution is 2.39. The summed E-state index contributed by atoms with van der Waals surface area (Å²) in [7, 11) is 0. The summed E-state index contributed by atoms with van der Waals surface area (Å²) in [4.78, 5) is 0. The molecule has 1 aliphatic carbocycles. The Morgan fingerprint density at radius 1 is 1.00 bits per heavy atom. The van der Waals surface area contributed by atoms with E-state index in [1.54, 1.807) is 0 Å². The van der Waals surface area contributed by atoms with Crippen LogP contribution in [-0.2, 0) is 0 Å². The molecule has 0 heterocycles. The maximum atomic E-state index is 4.26. The first-order valence-corrected chi connectivity index (χ1v) is 6.36. The Labute approximate surface area is 107 Å². The summed E-state index contributed by atoms with van der Waals surface area (Å²) in [6.45, 7) is 0. The van der Waals surface area contributed by atoms with E-state index in [2.05, 4.69) is 34.8 Å². The zero-order valence-electron chi connectivity index (χ0n) is 10.2. The molecule has 3 rings (SSSR count). The molecule has 0 atom stereocenters. The van der Waals surface area contributed by atoms with Crippen molar-refractivity contribution < 1.29 is 0 Å². The topological polar surface area (TPSA) is 24.4 Å². The van der Waals surface area contributed by atoms with Gasteiger partial charge in [0.15, 0.2) is 0 Å². The van der Waals surface area contributed by atoms with Gasteiger partial charge in [-0.15, -0.1) is 0 Å². The zero-order valence-corrected chi connectivity index (χ0v) is 10.2. The third kappa shape index (κ3) is 2.77. The lowest BCUT2D eigenvalue weighted by Crippen LogP contribution is -1.91. The van der Waals surface area contributed by atoms with E-state index in [0.717, 1.165) is 17.2 Å². The van der Waals surface area contributed by atoms with Crippen molar-refractivity contribution in [3.05, 3.63) is 65.7 Å². The summed E-state index contributed by atoms with van der Waals surface area (Å²) in [5.74, 6) is 0.792. The van der Waals surface area contributed by atoms with Gasteiger partial charge in [0.1, 0.15) is 0 Å². The van der Waals surface area contributed by atoms with E-state index in [0.29, 0.717) is 0 Å². The first-order valence-electron chi connectivity index (χ1n) is 6.36. The fourth-order valence-electron chi connectivity index (χ4n) is 2.00. The van der Waals surface area contributed by atoms with Crippen molar-refractivity contribution in [3.8, 4) is 0 Å². The van der Waals surface area contributed by atoms with Gasteiger partial charge in [-0.25, -0.2) is 0 Å². The second kappa shape index (κ2) is 5.05. The highest BCUT2D eigenvalue weighted by atomic mass is 15.3. The number of benzene rings is 2. The quantitative estimate of drug-likeness (QED) is 0.629. The van der Waals surface area contributed by atoms with E-state index in [4.69, 9.17) is 0 Å². The summed E-state index contributed by atoms with van der Waals surface area (Å²) >= 11 is 0. The molecule has 0 amide bonds. The summed E-state index contributed by atoms with van der Waals surface area (Å²) in [5.41, 5.74) is 6.63. The maximum absolute atomic E-state index is 4.26. The van der Waals surface area contributed by atoms with E-state index in [-0.39, 0.29) is 0 Å². The molecule has 1 saturated carbocycles. The number of hydrazone groups is 1. The fourth-order valence-corrected chi connectivity index (χ4v) is 2.00. The van der Waals surface area contributed by atoms with Gasteiger partial charge in [0, 0.05) is 0 Å². The average Bonchev–Trinajstić information content (AvgIpc) is 3.25. The highest BCUT2D eigenvalue weighted by Gasteiger charge is 2.23. The molecule has 2 nitrogen and oxygen atoms in total. The van der Waals surface area contributed by atoms with Crippen LogP contribution in [0.15, 0.2) is 59.7 Å². The van der Waals surface area contributed by atoms with Gasteiger partial charge in [-0.05, 0) is 48.1 Å². The largest absolute Gasteiger partial charge is 0.279 e. The molecular formula is C16H16N2. The van der Waals surface area contributed by atoms with Crippen molar-refractivity contribution in [1.82, 2.24) is 0 Å².